The van der Waals surface area contributed by atoms with Gasteiger partial charge in [-0.2, -0.15) is 0 Å². The van der Waals surface area contributed by atoms with E-state index < -0.39 is 0 Å². The molecule has 0 aromatic carbocycles. The topological polar surface area (TPSA) is 17.1 Å². The van der Waals surface area contributed by atoms with E-state index in [1.165, 1.54) is 37.7 Å². The highest BCUT2D eigenvalue weighted by Crippen LogP contribution is 2.63. The van der Waals surface area contributed by atoms with Gasteiger partial charge in [0.15, 0.2) is 5.78 Å². The molecular weight excluding hydrogens is 364 g/mol. The van der Waals surface area contributed by atoms with Crippen molar-refractivity contribution < 1.29 is 4.79 Å². The number of hydrogen-bond acceptors (Lipinski definition) is 1. The molecule has 164 valence electrons. The van der Waals surface area contributed by atoms with Gasteiger partial charge in [0.2, 0.25) is 0 Å². The van der Waals surface area contributed by atoms with E-state index in [0.29, 0.717) is 29.0 Å². The molecule has 5 unspecified atom stereocenters. The van der Waals surface area contributed by atoms with Crippen LogP contribution in [0.25, 0.3) is 0 Å². The molecule has 0 aliphatic heterocycles. The molecular formula is C29H42O. The van der Waals surface area contributed by atoms with E-state index in [2.05, 4.69) is 65.8 Å². The number of ketones is 1. The molecule has 0 N–H and O–H groups in total. The average molecular weight is 407 g/mol. The molecule has 0 aromatic rings. The van der Waals surface area contributed by atoms with Crippen molar-refractivity contribution in [1.29, 1.82) is 0 Å². The summed E-state index contributed by atoms with van der Waals surface area (Å²) in [5.41, 5.74) is 5.21. The Morgan fingerprint density at radius 3 is 2.50 bits per heavy atom. The lowest BCUT2D eigenvalue weighted by atomic mass is 9.53. The van der Waals surface area contributed by atoms with E-state index in [9.17, 15) is 4.79 Å². The molecule has 0 amide bonds. The lowest BCUT2D eigenvalue weighted by molar-refractivity contribution is -0.116. The van der Waals surface area contributed by atoms with E-state index in [0.717, 1.165) is 24.7 Å². The van der Waals surface area contributed by atoms with Crippen molar-refractivity contribution in [2.75, 3.05) is 0 Å². The summed E-state index contributed by atoms with van der Waals surface area (Å²) in [6, 6.07) is 0. The molecule has 0 spiro atoms. The van der Waals surface area contributed by atoms with Crippen molar-refractivity contribution >= 4 is 5.78 Å². The quantitative estimate of drug-likeness (QED) is 0.425. The molecule has 1 fully saturated rings. The van der Waals surface area contributed by atoms with E-state index in [1.54, 1.807) is 11.1 Å². The number of allylic oxidation sites excluding steroid dienone is 8. The third-order valence-corrected chi connectivity index (χ3v) is 9.59. The second-order valence-electron chi connectivity index (χ2n) is 11.5. The van der Waals surface area contributed by atoms with Gasteiger partial charge in [0.25, 0.3) is 0 Å². The Hall–Kier alpha value is -1.37. The van der Waals surface area contributed by atoms with Crippen molar-refractivity contribution in [1.82, 2.24) is 0 Å². The molecule has 0 aromatic heterocycles. The smallest absolute Gasteiger partial charge is 0.156 e. The molecule has 1 nitrogen and oxygen atoms in total. The number of hydrogen-bond donors (Lipinski definition) is 0. The highest BCUT2D eigenvalue weighted by atomic mass is 16.1. The lowest BCUT2D eigenvalue weighted by Gasteiger charge is -2.51. The van der Waals surface area contributed by atoms with Crippen LogP contribution >= 0.6 is 0 Å². The highest BCUT2D eigenvalue weighted by Gasteiger charge is 2.53. The van der Waals surface area contributed by atoms with Crippen molar-refractivity contribution in [3.63, 3.8) is 0 Å². The largest absolute Gasteiger partial charge is 0.295 e. The first-order valence-electron chi connectivity index (χ1n) is 12.6. The maximum absolute atomic E-state index is 12.0. The maximum atomic E-state index is 12.0. The minimum absolute atomic E-state index is 0.168. The van der Waals surface area contributed by atoms with Crippen LogP contribution in [0.1, 0.15) is 86.5 Å². The number of carbonyl (C=O) groups excluding carboxylic acids is 1. The van der Waals surface area contributed by atoms with Gasteiger partial charge in [-0.05, 0) is 96.2 Å². The molecule has 0 radical (unpaired) electrons. The average Bonchev–Trinajstić information content (AvgIpc) is 3.06. The highest BCUT2D eigenvalue weighted by molar-refractivity contribution is 5.92. The summed E-state index contributed by atoms with van der Waals surface area (Å²) in [5.74, 6) is 3.76. The van der Waals surface area contributed by atoms with Crippen LogP contribution in [0.3, 0.4) is 0 Å². The third-order valence-electron chi connectivity index (χ3n) is 9.59. The molecule has 30 heavy (non-hydrogen) atoms. The lowest BCUT2D eigenvalue weighted by Crippen LogP contribution is -2.41. The Balaban J connectivity index is 1.63. The summed E-state index contributed by atoms with van der Waals surface area (Å²) in [5, 5.41) is 0. The minimum Gasteiger partial charge on any atom is -0.295 e. The van der Waals surface area contributed by atoms with Gasteiger partial charge in [0.1, 0.15) is 0 Å². The molecule has 4 aliphatic carbocycles. The Bertz CT molecular complexity index is 821. The van der Waals surface area contributed by atoms with Crippen LogP contribution in [0.15, 0.2) is 47.1 Å². The minimum atomic E-state index is 0.168. The predicted octanol–water partition coefficient (Wildman–Crippen LogP) is 7.85. The summed E-state index contributed by atoms with van der Waals surface area (Å²) in [7, 11) is 0. The molecule has 0 bridgehead atoms. The summed E-state index contributed by atoms with van der Waals surface area (Å²) in [4.78, 5) is 12.0. The Labute approximate surface area is 184 Å². The summed E-state index contributed by atoms with van der Waals surface area (Å²) in [6.45, 7) is 14.5. The number of fused-ring (bicyclic) bond motifs is 4. The zero-order valence-electron chi connectivity index (χ0n) is 20.1. The monoisotopic (exact) mass is 406 g/mol. The zero-order chi connectivity index (χ0) is 21.7. The first kappa shape index (κ1) is 21.8. The van der Waals surface area contributed by atoms with E-state index in [-0.39, 0.29) is 5.41 Å². The van der Waals surface area contributed by atoms with Crippen LogP contribution in [0.2, 0.25) is 0 Å². The molecule has 1 heteroatoms. The van der Waals surface area contributed by atoms with Gasteiger partial charge in [-0.3, -0.25) is 4.79 Å². The van der Waals surface area contributed by atoms with Gasteiger partial charge in [0, 0.05) is 6.42 Å². The van der Waals surface area contributed by atoms with Crippen LogP contribution in [-0.4, -0.2) is 5.78 Å². The van der Waals surface area contributed by atoms with Crippen LogP contribution in [0, 0.1) is 40.4 Å². The van der Waals surface area contributed by atoms with Crippen molar-refractivity contribution in [3.8, 4) is 0 Å². The number of rotatable bonds is 5. The second-order valence-corrected chi connectivity index (χ2v) is 11.5. The van der Waals surface area contributed by atoms with Gasteiger partial charge in [-0.15, -0.1) is 0 Å². The first-order valence-corrected chi connectivity index (χ1v) is 12.6. The maximum Gasteiger partial charge on any atom is 0.156 e. The fraction of sp³-hybridized carbons (Fsp3) is 0.690. The van der Waals surface area contributed by atoms with Gasteiger partial charge in [-0.25, -0.2) is 0 Å². The van der Waals surface area contributed by atoms with E-state index in [1.807, 2.05) is 6.08 Å². The second kappa shape index (κ2) is 7.95. The molecule has 4 rings (SSSR count). The van der Waals surface area contributed by atoms with Crippen LogP contribution in [-0.2, 0) is 4.79 Å². The molecule has 0 heterocycles. The van der Waals surface area contributed by atoms with E-state index in [4.69, 9.17) is 0 Å². The molecule has 4 aliphatic rings. The molecule has 6 atom stereocenters. The SMILES string of the molecule is CCC(/C=C/[C@@H](C)C1CCC2=C3C=CC4=CC(=O)CCC4(C)C3CCC21C)C(C)C. The summed E-state index contributed by atoms with van der Waals surface area (Å²) in [6.07, 6.45) is 19.9. The standard InChI is InChI=1S/C29H42O/c1-7-21(19(2)3)9-8-20(4)25-12-13-26-24-11-10-22-18-23(30)14-16-28(22,5)27(24)15-17-29(25,26)6/h8-11,18-21,25,27H,7,12-17H2,1-6H3/b9-8+/t20-,21?,25?,27?,28?,29?/m1/s1. The summed E-state index contributed by atoms with van der Waals surface area (Å²) >= 11 is 0. The fourth-order valence-electron chi connectivity index (χ4n) is 7.48. The fourth-order valence-corrected chi connectivity index (χ4v) is 7.48. The van der Waals surface area contributed by atoms with Crippen molar-refractivity contribution in [3.05, 3.63) is 47.1 Å². The van der Waals surface area contributed by atoms with Crippen molar-refractivity contribution in [2.24, 2.45) is 40.4 Å². The Kier molecular flexibility index (Phi) is 5.79. The third kappa shape index (κ3) is 3.41. The van der Waals surface area contributed by atoms with Gasteiger partial charge < -0.3 is 0 Å². The Morgan fingerprint density at radius 1 is 1.03 bits per heavy atom. The Morgan fingerprint density at radius 2 is 1.80 bits per heavy atom. The van der Waals surface area contributed by atoms with Crippen molar-refractivity contribution in [2.45, 2.75) is 86.5 Å². The van der Waals surface area contributed by atoms with E-state index >= 15 is 0 Å². The van der Waals surface area contributed by atoms with Gasteiger partial charge in [0.05, 0.1) is 0 Å². The normalized spacial score (nSPS) is 37.8. The predicted molar refractivity (Wildman–Crippen MR) is 127 cm³/mol. The van der Waals surface area contributed by atoms with Gasteiger partial charge >= 0.3 is 0 Å². The van der Waals surface area contributed by atoms with Gasteiger partial charge in [-0.1, -0.05) is 71.4 Å². The van der Waals surface area contributed by atoms with Crippen LogP contribution < -0.4 is 0 Å². The zero-order valence-corrected chi connectivity index (χ0v) is 20.1. The summed E-state index contributed by atoms with van der Waals surface area (Å²) < 4.78 is 0. The first-order chi connectivity index (χ1) is 14.2. The van der Waals surface area contributed by atoms with Crippen LogP contribution in [0.4, 0.5) is 0 Å². The van der Waals surface area contributed by atoms with Crippen LogP contribution in [0.5, 0.6) is 0 Å². The molecule has 1 saturated carbocycles. The molecule has 0 saturated heterocycles. The number of carbonyl (C=O) groups is 1.